The molecule has 13 heavy (non-hydrogen) atoms. The van der Waals surface area contributed by atoms with Crippen LogP contribution in [-0.2, 0) is 11.8 Å². The van der Waals surface area contributed by atoms with Crippen molar-refractivity contribution >= 4 is 28.6 Å². The number of hydrogen-bond acceptors (Lipinski definition) is 2. The molecule has 1 unspecified atom stereocenters. The van der Waals surface area contributed by atoms with Crippen LogP contribution in [0.4, 0.5) is 0 Å². The Morgan fingerprint density at radius 3 is 2.08 bits per heavy atom. The van der Waals surface area contributed by atoms with Crippen LogP contribution in [0.5, 0.6) is 0 Å². The molecule has 0 amide bonds. The molecule has 0 aromatic heterocycles. The van der Waals surface area contributed by atoms with Gasteiger partial charge in [-0.25, -0.2) is 0 Å². The van der Waals surface area contributed by atoms with Crippen molar-refractivity contribution in [2.45, 2.75) is 52.3 Å². The Labute approximate surface area is 92.3 Å². The lowest BCUT2D eigenvalue weighted by atomic mass is 10.3. The SMILES string of the molecule is CCP(=S)(NC(C)C)SC(C)(C)C. The van der Waals surface area contributed by atoms with Crippen LogP contribution in [-0.4, -0.2) is 17.0 Å². The highest BCUT2D eigenvalue weighted by molar-refractivity contribution is 8.70. The molecule has 0 aliphatic carbocycles. The summed E-state index contributed by atoms with van der Waals surface area (Å²) in [4.78, 5) is 0. The van der Waals surface area contributed by atoms with Crippen LogP contribution in [0.3, 0.4) is 0 Å². The van der Waals surface area contributed by atoms with Gasteiger partial charge in [0.1, 0.15) is 0 Å². The zero-order valence-corrected chi connectivity index (χ0v) is 12.1. The zero-order chi connectivity index (χ0) is 10.7. The first-order valence-electron chi connectivity index (χ1n) is 4.76. The Hall–Kier alpha value is 0.960. The van der Waals surface area contributed by atoms with E-state index in [1.807, 2.05) is 11.4 Å². The van der Waals surface area contributed by atoms with E-state index in [1.165, 1.54) is 0 Å². The van der Waals surface area contributed by atoms with Gasteiger partial charge in [-0.15, -0.1) is 11.4 Å². The van der Waals surface area contributed by atoms with Crippen LogP contribution >= 0.6 is 16.8 Å². The highest BCUT2D eigenvalue weighted by atomic mass is 32.9. The molecule has 0 bridgehead atoms. The lowest BCUT2D eigenvalue weighted by Gasteiger charge is -2.30. The van der Waals surface area contributed by atoms with Crippen molar-refractivity contribution in [3.05, 3.63) is 0 Å². The molecule has 0 saturated carbocycles. The summed E-state index contributed by atoms with van der Waals surface area (Å²) in [5.74, 6) is 0. The molecule has 1 nitrogen and oxygen atoms in total. The van der Waals surface area contributed by atoms with Gasteiger partial charge in [-0.3, -0.25) is 5.09 Å². The maximum Gasteiger partial charge on any atom is 0.0648 e. The molecular formula is C9H22NPS2. The fourth-order valence-electron chi connectivity index (χ4n) is 1.02. The van der Waals surface area contributed by atoms with E-state index in [9.17, 15) is 0 Å². The van der Waals surface area contributed by atoms with Gasteiger partial charge in [0.05, 0.1) is 5.39 Å². The summed E-state index contributed by atoms with van der Waals surface area (Å²) in [7, 11) is 0. The van der Waals surface area contributed by atoms with Gasteiger partial charge >= 0.3 is 0 Å². The Morgan fingerprint density at radius 1 is 1.38 bits per heavy atom. The predicted molar refractivity (Wildman–Crippen MR) is 70.4 cm³/mol. The monoisotopic (exact) mass is 239 g/mol. The van der Waals surface area contributed by atoms with Crippen molar-refractivity contribution in [1.29, 1.82) is 0 Å². The first-order chi connectivity index (χ1) is 5.68. The molecule has 0 rings (SSSR count). The van der Waals surface area contributed by atoms with Crippen molar-refractivity contribution in [2.75, 3.05) is 6.16 Å². The molecule has 4 heteroatoms. The summed E-state index contributed by atoms with van der Waals surface area (Å²) in [6.45, 7) is 13.2. The van der Waals surface area contributed by atoms with E-state index in [-0.39, 0.29) is 4.75 Å². The van der Waals surface area contributed by atoms with Gasteiger partial charge in [0.15, 0.2) is 0 Å². The molecule has 0 saturated heterocycles. The van der Waals surface area contributed by atoms with Crippen molar-refractivity contribution < 1.29 is 0 Å². The lowest BCUT2D eigenvalue weighted by Crippen LogP contribution is -2.21. The van der Waals surface area contributed by atoms with E-state index in [0.29, 0.717) is 6.04 Å². The smallest absolute Gasteiger partial charge is 0.0648 e. The third-order valence-electron chi connectivity index (χ3n) is 1.29. The van der Waals surface area contributed by atoms with Gasteiger partial charge < -0.3 is 0 Å². The molecule has 1 atom stereocenters. The molecule has 1 N–H and O–H groups in total. The van der Waals surface area contributed by atoms with Crippen molar-refractivity contribution in [3.8, 4) is 0 Å². The van der Waals surface area contributed by atoms with Gasteiger partial charge in [-0.2, -0.15) is 0 Å². The van der Waals surface area contributed by atoms with Crippen LogP contribution in [0.2, 0.25) is 0 Å². The summed E-state index contributed by atoms with van der Waals surface area (Å²) < 4.78 is 0.271. The molecule has 0 aliphatic rings. The van der Waals surface area contributed by atoms with Gasteiger partial charge in [-0.05, 0) is 20.0 Å². The highest BCUT2D eigenvalue weighted by Crippen LogP contribution is 2.60. The maximum absolute atomic E-state index is 5.69. The summed E-state index contributed by atoms with van der Waals surface area (Å²) in [6, 6.07) is 0.501. The first-order valence-corrected chi connectivity index (χ1v) is 9.17. The number of nitrogens with one attached hydrogen (secondary N) is 1. The van der Waals surface area contributed by atoms with E-state index >= 15 is 0 Å². The Bertz CT molecular complexity index is 196. The van der Waals surface area contributed by atoms with E-state index in [1.54, 1.807) is 0 Å². The fourth-order valence-corrected chi connectivity index (χ4v) is 9.53. The number of hydrogen-bond donors (Lipinski definition) is 1. The minimum atomic E-state index is -1.38. The second kappa shape index (κ2) is 5.16. The standard InChI is InChI=1S/C9H22NPS2/c1-7-11(12,10-8(2)3)13-9(4,5)6/h8H,7H2,1-6H3,(H,10,12). The second-order valence-corrected chi connectivity index (χ2v) is 13.1. The van der Waals surface area contributed by atoms with Crippen molar-refractivity contribution in [1.82, 2.24) is 5.09 Å². The summed E-state index contributed by atoms with van der Waals surface area (Å²) >= 11 is 7.64. The van der Waals surface area contributed by atoms with Gasteiger partial charge in [0.25, 0.3) is 0 Å². The quantitative estimate of drug-likeness (QED) is 0.749. The molecular weight excluding hydrogens is 217 g/mol. The fraction of sp³-hybridized carbons (Fsp3) is 1.00. The van der Waals surface area contributed by atoms with Crippen LogP contribution in [0.25, 0.3) is 0 Å². The maximum atomic E-state index is 5.69. The average Bonchev–Trinajstić information content (AvgIpc) is 1.81. The highest BCUT2D eigenvalue weighted by Gasteiger charge is 2.23. The minimum Gasteiger partial charge on any atom is -0.278 e. The van der Waals surface area contributed by atoms with Crippen molar-refractivity contribution in [2.24, 2.45) is 0 Å². The van der Waals surface area contributed by atoms with Crippen LogP contribution in [0.1, 0.15) is 41.5 Å². The Morgan fingerprint density at radius 2 is 1.85 bits per heavy atom. The molecule has 0 heterocycles. The van der Waals surface area contributed by atoms with Gasteiger partial charge in [-0.1, -0.05) is 39.5 Å². The van der Waals surface area contributed by atoms with E-state index in [4.69, 9.17) is 11.8 Å². The molecule has 0 spiro atoms. The summed E-state index contributed by atoms with van der Waals surface area (Å²) in [5.41, 5.74) is 0. The largest absolute Gasteiger partial charge is 0.278 e. The van der Waals surface area contributed by atoms with E-state index in [2.05, 4.69) is 46.6 Å². The van der Waals surface area contributed by atoms with E-state index < -0.39 is 5.39 Å². The zero-order valence-electron chi connectivity index (χ0n) is 9.55. The molecule has 0 radical (unpaired) electrons. The van der Waals surface area contributed by atoms with E-state index in [0.717, 1.165) is 6.16 Å². The Balaban J connectivity index is 4.38. The second-order valence-electron chi connectivity index (χ2n) is 4.48. The van der Waals surface area contributed by atoms with Crippen LogP contribution < -0.4 is 5.09 Å². The van der Waals surface area contributed by atoms with Crippen LogP contribution in [0, 0.1) is 0 Å². The Kier molecular flexibility index (Phi) is 5.54. The molecule has 80 valence electrons. The van der Waals surface area contributed by atoms with Crippen molar-refractivity contribution in [3.63, 3.8) is 0 Å². The third-order valence-corrected chi connectivity index (χ3v) is 9.26. The average molecular weight is 239 g/mol. The lowest BCUT2D eigenvalue weighted by molar-refractivity contribution is 0.761. The van der Waals surface area contributed by atoms with Gasteiger partial charge in [0.2, 0.25) is 0 Å². The normalized spacial score (nSPS) is 17.5. The first kappa shape index (κ1) is 14.0. The van der Waals surface area contributed by atoms with Gasteiger partial charge in [0, 0.05) is 10.8 Å². The number of rotatable bonds is 4. The summed E-state index contributed by atoms with van der Waals surface area (Å²) in [6.07, 6.45) is 1.09. The third kappa shape index (κ3) is 6.96. The molecule has 0 aromatic carbocycles. The van der Waals surface area contributed by atoms with Crippen LogP contribution in [0.15, 0.2) is 0 Å². The molecule has 0 aromatic rings. The molecule has 0 aliphatic heterocycles. The molecule has 0 fully saturated rings. The predicted octanol–water partition coefficient (Wildman–Crippen LogP) is 3.85. The minimum absolute atomic E-state index is 0.271. The topological polar surface area (TPSA) is 12.0 Å². The summed E-state index contributed by atoms with van der Waals surface area (Å²) in [5, 5.41) is 2.17.